The standard InChI is InChI=1S/C6H8N2O3S.C5H8N2O2S.2C4H7Cl2O4P/c9-5-7-2-1-3-12-6(7)4-8(10)11;8-7(9)4-5-6-2-1-3-10-5;2*1-8-11(7,9-2)10-3-4(5)6/h4-5H,1-3H2;4,6H,1-3H2;2*3H,1-2H3. The Morgan fingerprint density at radius 1 is 0.841 bits per heavy atom. The monoisotopic (exact) mass is 788 g/mol. The molecule has 0 bridgehead atoms. The van der Waals surface area contributed by atoms with Crippen LogP contribution in [0.1, 0.15) is 12.8 Å². The number of amides is 1. The molecule has 0 saturated carbocycles. The lowest BCUT2D eigenvalue weighted by Crippen LogP contribution is -2.25. The lowest BCUT2D eigenvalue weighted by Gasteiger charge is -2.22. The largest absolute Gasteiger partial charge is 0.529 e. The van der Waals surface area contributed by atoms with Gasteiger partial charge >= 0.3 is 15.6 Å². The summed E-state index contributed by atoms with van der Waals surface area (Å²) in [5.74, 6) is 1.82. The molecule has 2 aliphatic rings. The van der Waals surface area contributed by atoms with Gasteiger partial charge in [0.25, 0.3) is 12.4 Å². The molecule has 1 N–H and O–H groups in total. The first-order valence-corrected chi connectivity index (χ1v) is 17.7. The van der Waals surface area contributed by atoms with Crippen molar-refractivity contribution in [3.05, 3.63) is 64.2 Å². The number of hydrogen-bond acceptors (Lipinski definition) is 16. The van der Waals surface area contributed by atoms with Crippen LogP contribution in [0.4, 0.5) is 0 Å². The molecular formula is C19H30Cl4N4O13P2S2. The van der Waals surface area contributed by atoms with E-state index in [9.17, 15) is 34.2 Å². The van der Waals surface area contributed by atoms with Crippen LogP contribution in [0.3, 0.4) is 0 Å². The van der Waals surface area contributed by atoms with E-state index in [1.165, 1.54) is 56.9 Å². The van der Waals surface area contributed by atoms with Gasteiger partial charge in [0.2, 0.25) is 6.41 Å². The maximum absolute atomic E-state index is 11.0. The van der Waals surface area contributed by atoms with Crippen molar-refractivity contribution in [3.63, 3.8) is 0 Å². The molecule has 1 amide bonds. The van der Waals surface area contributed by atoms with Gasteiger partial charge in [-0.3, -0.25) is 43.1 Å². The van der Waals surface area contributed by atoms with Crippen molar-refractivity contribution in [3.8, 4) is 0 Å². The van der Waals surface area contributed by atoms with E-state index in [1.54, 1.807) is 0 Å². The summed E-state index contributed by atoms with van der Waals surface area (Å²) in [4.78, 5) is 30.8. The summed E-state index contributed by atoms with van der Waals surface area (Å²) in [5, 5.41) is 24.1. The first kappa shape index (κ1) is 44.9. The zero-order chi connectivity index (χ0) is 34.2. The maximum Gasteiger partial charge on any atom is 0.529 e. The third-order valence-electron chi connectivity index (χ3n) is 3.96. The Morgan fingerprint density at radius 2 is 1.30 bits per heavy atom. The molecule has 2 aliphatic heterocycles. The van der Waals surface area contributed by atoms with Gasteiger partial charge in [-0.15, -0.1) is 23.5 Å². The van der Waals surface area contributed by atoms with E-state index in [2.05, 4.69) is 32.5 Å². The van der Waals surface area contributed by atoms with Gasteiger partial charge in [-0.2, -0.15) is 0 Å². The average molecular weight is 790 g/mol. The summed E-state index contributed by atoms with van der Waals surface area (Å²) in [5.41, 5.74) is 0. The van der Waals surface area contributed by atoms with E-state index in [4.69, 9.17) is 46.4 Å². The first-order valence-electron chi connectivity index (χ1n) is 11.3. The van der Waals surface area contributed by atoms with E-state index in [0.717, 1.165) is 55.8 Å². The second-order valence-electron chi connectivity index (χ2n) is 6.81. The van der Waals surface area contributed by atoms with Crippen molar-refractivity contribution in [2.45, 2.75) is 12.8 Å². The number of nitro groups is 2. The summed E-state index contributed by atoms with van der Waals surface area (Å²) >= 11 is 23.5. The lowest BCUT2D eigenvalue weighted by atomic mass is 10.4. The van der Waals surface area contributed by atoms with Crippen LogP contribution in [0.5, 0.6) is 0 Å². The highest BCUT2D eigenvalue weighted by atomic mass is 35.5. The highest BCUT2D eigenvalue weighted by Gasteiger charge is 2.23. The minimum atomic E-state index is -3.48. The number of carbonyl (C=O) groups excluding carboxylic acids is 1. The minimum Gasteiger partial charge on any atom is -0.409 e. The van der Waals surface area contributed by atoms with Crippen molar-refractivity contribution >= 4 is 92.0 Å². The van der Waals surface area contributed by atoms with E-state index in [0.29, 0.717) is 23.0 Å². The zero-order valence-corrected chi connectivity index (χ0v) is 29.9. The molecular weight excluding hydrogens is 760 g/mol. The molecule has 0 aromatic heterocycles. The summed E-state index contributed by atoms with van der Waals surface area (Å²) in [6.07, 6.45) is 6.23. The number of carbonyl (C=O) groups is 1. The van der Waals surface area contributed by atoms with Gasteiger partial charge in [-0.25, -0.2) is 9.13 Å². The number of halogens is 4. The molecule has 25 heteroatoms. The molecule has 0 aromatic rings. The van der Waals surface area contributed by atoms with Crippen molar-refractivity contribution < 1.29 is 50.9 Å². The molecule has 2 rings (SSSR count). The number of nitrogens with zero attached hydrogens (tertiary/aromatic N) is 3. The summed E-state index contributed by atoms with van der Waals surface area (Å²) in [7, 11) is -2.24. The number of rotatable bonds is 11. The second kappa shape index (κ2) is 25.9. The van der Waals surface area contributed by atoms with Crippen molar-refractivity contribution in [1.29, 1.82) is 0 Å². The second-order valence-corrected chi connectivity index (χ2v) is 14.8. The highest BCUT2D eigenvalue weighted by molar-refractivity contribution is 8.03. The molecule has 17 nitrogen and oxygen atoms in total. The van der Waals surface area contributed by atoms with Crippen molar-refractivity contribution in [1.82, 2.24) is 10.2 Å². The third-order valence-corrected chi connectivity index (χ3v) is 9.01. The maximum atomic E-state index is 11.0. The fourth-order valence-corrected chi connectivity index (χ4v) is 5.49. The number of phosphoric acid groups is 2. The molecule has 0 unspecified atom stereocenters. The van der Waals surface area contributed by atoms with Crippen molar-refractivity contribution in [2.75, 3.05) is 53.0 Å². The van der Waals surface area contributed by atoms with Crippen LogP contribution in [0.25, 0.3) is 0 Å². The molecule has 0 aromatic carbocycles. The Labute approximate surface area is 282 Å². The number of nitrogens with one attached hydrogen (secondary N) is 1. The molecule has 254 valence electrons. The molecule has 2 saturated heterocycles. The van der Waals surface area contributed by atoms with Gasteiger partial charge in [0.15, 0.2) is 0 Å². The van der Waals surface area contributed by atoms with Crippen LogP contribution in [-0.2, 0) is 41.1 Å². The van der Waals surface area contributed by atoms with Crippen LogP contribution in [0.15, 0.2) is 44.0 Å². The number of thioether (sulfide) groups is 2. The van der Waals surface area contributed by atoms with E-state index in [1.807, 2.05) is 0 Å². The molecule has 2 heterocycles. The SMILES string of the molecule is COP(=O)(OC)OC=C(Cl)Cl.COP(=O)(OC)OC=C(Cl)Cl.O=CN1CCCSC1=C[N+](=O)[O-].O=[N+]([O-])C=C1NCCCS1. The number of phosphoric ester groups is 2. The third kappa shape index (κ3) is 24.1. The predicted molar refractivity (Wildman–Crippen MR) is 170 cm³/mol. The first-order chi connectivity index (χ1) is 20.6. The summed E-state index contributed by atoms with van der Waals surface area (Å²) < 4.78 is 48.2. The molecule has 0 atom stereocenters. The van der Waals surface area contributed by atoms with Crippen LogP contribution >= 0.6 is 85.6 Å². The molecule has 2 fully saturated rings. The van der Waals surface area contributed by atoms with Gasteiger partial charge in [0.05, 0.1) is 9.85 Å². The van der Waals surface area contributed by atoms with Gasteiger partial charge in [-0.1, -0.05) is 46.4 Å². The smallest absolute Gasteiger partial charge is 0.409 e. The Bertz CT molecular complexity index is 1060. The fraction of sp³-hybridized carbons (Fsp3) is 0.526. The van der Waals surface area contributed by atoms with Crippen LogP contribution in [-0.4, -0.2) is 74.2 Å². The summed E-state index contributed by atoms with van der Waals surface area (Å²) in [6, 6.07) is 0. The quantitative estimate of drug-likeness (QED) is 0.0750. The minimum absolute atomic E-state index is 0.167. The van der Waals surface area contributed by atoms with Gasteiger partial charge in [0, 0.05) is 53.0 Å². The van der Waals surface area contributed by atoms with E-state index in [-0.39, 0.29) is 8.98 Å². The van der Waals surface area contributed by atoms with Crippen LogP contribution in [0.2, 0.25) is 0 Å². The van der Waals surface area contributed by atoms with E-state index >= 15 is 0 Å². The Kier molecular flexibility index (Phi) is 26.5. The van der Waals surface area contributed by atoms with Gasteiger partial charge in [0.1, 0.15) is 31.6 Å². The molecule has 0 radical (unpaired) electrons. The predicted octanol–water partition coefficient (Wildman–Crippen LogP) is 6.81. The Morgan fingerprint density at radius 3 is 1.64 bits per heavy atom. The molecule has 44 heavy (non-hydrogen) atoms. The van der Waals surface area contributed by atoms with Gasteiger partial charge < -0.3 is 19.3 Å². The molecule has 0 aliphatic carbocycles. The highest BCUT2D eigenvalue weighted by Crippen LogP contribution is 2.48. The lowest BCUT2D eigenvalue weighted by molar-refractivity contribution is -0.403. The number of hydrogen-bond donors (Lipinski definition) is 1. The average Bonchev–Trinajstić information content (AvgIpc) is 3.00. The summed E-state index contributed by atoms with van der Waals surface area (Å²) in [6.45, 7) is 1.43. The van der Waals surface area contributed by atoms with Crippen molar-refractivity contribution in [2.24, 2.45) is 0 Å². The van der Waals surface area contributed by atoms with E-state index < -0.39 is 25.5 Å². The Hall–Kier alpha value is -1.21. The van der Waals surface area contributed by atoms with Crippen LogP contribution in [0, 0.1) is 20.2 Å². The zero-order valence-electron chi connectivity index (χ0n) is 23.5. The van der Waals surface area contributed by atoms with Gasteiger partial charge in [-0.05, 0) is 12.8 Å². The fourth-order valence-electron chi connectivity index (χ4n) is 2.14. The topological polar surface area (TPSA) is 208 Å². The van der Waals surface area contributed by atoms with Crippen LogP contribution < -0.4 is 5.32 Å². The Balaban J connectivity index is 0. The normalized spacial score (nSPS) is 16.2. The molecule has 0 spiro atoms.